The highest BCUT2D eigenvalue weighted by molar-refractivity contribution is 6.35. The van der Waals surface area contributed by atoms with E-state index in [2.05, 4.69) is 10.3 Å². The number of aromatic nitrogens is 1. The van der Waals surface area contributed by atoms with Crippen LogP contribution in [0.1, 0.15) is 5.56 Å². The Bertz CT molecular complexity index is 679. The zero-order chi connectivity index (χ0) is 14.7. The van der Waals surface area contributed by atoms with Gasteiger partial charge in [-0.2, -0.15) is 5.26 Å². The van der Waals surface area contributed by atoms with Crippen LogP contribution in [0.3, 0.4) is 0 Å². The molecule has 4 radical (unpaired) electrons. The van der Waals surface area contributed by atoms with E-state index in [-0.39, 0.29) is 16.3 Å². The van der Waals surface area contributed by atoms with Crippen molar-refractivity contribution in [3.8, 4) is 11.8 Å². The van der Waals surface area contributed by atoms with E-state index in [0.717, 1.165) is 0 Å². The molecule has 0 amide bonds. The minimum absolute atomic E-state index is 0.0873. The standard InChI is InChI=1S/C13H8ClN5O/c1-20-8-4-2-7(3-5-8)18-11-9(6-15)12(16)19-13(17)10(11)14/h2-5H,1H3,(H,18,19). The van der Waals surface area contributed by atoms with Crippen molar-refractivity contribution in [1.29, 1.82) is 5.26 Å². The molecule has 1 aromatic carbocycles. The number of nitrogens with one attached hydrogen (secondary N) is 1. The van der Waals surface area contributed by atoms with Crippen molar-refractivity contribution in [2.75, 3.05) is 12.4 Å². The zero-order valence-electron chi connectivity index (χ0n) is 10.4. The topological polar surface area (TPSA) is 103 Å². The normalized spacial score (nSPS) is 9.85. The van der Waals surface area contributed by atoms with Crippen molar-refractivity contribution in [2.45, 2.75) is 0 Å². The third-order valence-corrected chi connectivity index (χ3v) is 2.93. The van der Waals surface area contributed by atoms with E-state index in [9.17, 15) is 11.5 Å². The molecule has 0 saturated carbocycles. The Labute approximate surface area is 120 Å². The summed E-state index contributed by atoms with van der Waals surface area (Å²) in [6.45, 7) is 0. The molecule has 6 nitrogen and oxygen atoms in total. The number of hydrogen-bond donors (Lipinski definition) is 1. The van der Waals surface area contributed by atoms with Gasteiger partial charge in [-0.05, 0) is 24.3 Å². The lowest BCUT2D eigenvalue weighted by Crippen LogP contribution is -1.99. The fourth-order valence-corrected chi connectivity index (χ4v) is 1.76. The van der Waals surface area contributed by atoms with E-state index < -0.39 is 11.6 Å². The Morgan fingerprint density at radius 3 is 2.40 bits per heavy atom. The summed E-state index contributed by atoms with van der Waals surface area (Å²) in [5, 5.41) is 11.7. The van der Waals surface area contributed by atoms with Gasteiger partial charge in [0.25, 0.3) is 0 Å². The van der Waals surface area contributed by atoms with Gasteiger partial charge in [0, 0.05) is 5.69 Å². The summed E-state index contributed by atoms with van der Waals surface area (Å²) in [4.78, 5) is 3.37. The molecule has 0 aliphatic rings. The van der Waals surface area contributed by atoms with Gasteiger partial charge in [0.15, 0.2) is 11.6 Å². The molecule has 0 bridgehead atoms. The highest BCUT2D eigenvalue weighted by Crippen LogP contribution is 2.36. The fourth-order valence-electron chi connectivity index (χ4n) is 1.58. The Balaban J connectivity index is 2.44. The number of nitrogens with zero attached hydrogens (tertiary/aromatic N) is 4. The average Bonchev–Trinajstić information content (AvgIpc) is 2.45. The molecular weight excluding hydrogens is 278 g/mol. The van der Waals surface area contributed by atoms with Gasteiger partial charge < -0.3 is 10.1 Å². The molecule has 0 atom stereocenters. The van der Waals surface area contributed by atoms with Crippen LogP contribution in [0.15, 0.2) is 24.3 Å². The molecule has 0 fully saturated rings. The van der Waals surface area contributed by atoms with Crippen molar-refractivity contribution in [2.24, 2.45) is 0 Å². The molecule has 0 aliphatic carbocycles. The first-order chi connectivity index (χ1) is 9.56. The van der Waals surface area contributed by atoms with Crippen LogP contribution in [0.2, 0.25) is 5.02 Å². The summed E-state index contributed by atoms with van der Waals surface area (Å²) < 4.78 is 5.03. The van der Waals surface area contributed by atoms with E-state index in [0.29, 0.717) is 11.4 Å². The molecule has 0 aliphatic heterocycles. The van der Waals surface area contributed by atoms with Crippen LogP contribution in [0.4, 0.5) is 23.0 Å². The van der Waals surface area contributed by atoms with Crippen LogP contribution in [-0.2, 0) is 0 Å². The Morgan fingerprint density at radius 1 is 1.20 bits per heavy atom. The second-order valence-corrected chi connectivity index (χ2v) is 4.17. The largest absolute Gasteiger partial charge is 0.497 e. The van der Waals surface area contributed by atoms with E-state index in [4.69, 9.17) is 21.6 Å². The van der Waals surface area contributed by atoms with E-state index in [1.54, 1.807) is 37.4 Å². The van der Waals surface area contributed by atoms with Crippen LogP contribution in [0, 0.1) is 11.3 Å². The Kier molecular flexibility index (Phi) is 3.82. The molecule has 0 saturated heterocycles. The minimum Gasteiger partial charge on any atom is -0.497 e. The molecule has 1 heterocycles. The number of pyridine rings is 1. The molecular formula is C13H8ClN5O. The molecule has 0 spiro atoms. The molecule has 2 aromatic rings. The monoisotopic (exact) mass is 285 g/mol. The van der Waals surface area contributed by atoms with Crippen molar-refractivity contribution in [3.63, 3.8) is 0 Å². The van der Waals surface area contributed by atoms with Gasteiger partial charge in [0.2, 0.25) is 0 Å². The maximum atomic E-state index is 9.54. The second kappa shape index (κ2) is 5.55. The third-order valence-electron chi connectivity index (χ3n) is 2.57. The van der Waals surface area contributed by atoms with Crippen molar-refractivity contribution < 1.29 is 4.74 Å². The van der Waals surface area contributed by atoms with E-state index in [1.807, 2.05) is 0 Å². The van der Waals surface area contributed by atoms with Crippen molar-refractivity contribution in [1.82, 2.24) is 16.5 Å². The molecule has 1 N–H and O–H groups in total. The van der Waals surface area contributed by atoms with E-state index in [1.165, 1.54) is 0 Å². The van der Waals surface area contributed by atoms with Gasteiger partial charge in [-0.25, -0.2) is 4.98 Å². The van der Waals surface area contributed by atoms with E-state index >= 15 is 0 Å². The molecule has 7 heteroatoms. The number of nitriles is 1. The highest BCUT2D eigenvalue weighted by atomic mass is 35.5. The van der Waals surface area contributed by atoms with Gasteiger partial charge in [-0.3, -0.25) is 0 Å². The van der Waals surface area contributed by atoms with Crippen LogP contribution in [0.5, 0.6) is 5.75 Å². The first kappa shape index (κ1) is 13.8. The van der Waals surface area contributed by atoms with Crippen LogP contribution >= 0.6 is 11.6 Å². The van der Waals surface area contributed by atoms with Crippen molar-refractivity contribution in [3.05, 3.63) is 34.9 Å². The fraction of sp³-hybridized carbons (Fsp3) is 0.0769. The molecule has 20 heavy (non-hydrogen) atoms. The summed E-state index contributed by atoms with van der Waals surface area (Å²) in [7, 11) is 1.55. The molecule has 2 rings (SSSR count). The molecule has 98 valence electrons. The Hall–Kier alpha value is -2.65. The third kappa shape index (κ3) is 2.53. The van der Waals surface area contributed by atoms with Gasteiger partial charge in [0.05, 0.1) is 12.8 Å². The van der Waals surface area contributed by atoms with Gasteiger partial charge in [-0.1, -0.05) is 11.6 Å². The summed E-state index contributed by atoms with van der Waals surface area (Å²) in [6, 6.07) is 8.60. The first-order valence-electron chi connectivity index (χ1n) is 5.49. The number of methoxy groups -OCH3 is 1. The Morgan fingerprint density at radius 2 is 1.85 bits per heavy atom. The van der Waals surface area contributed by atoms with Crippen molar-refractivity contribution >= 4 is 34.6 Å². The van der Waals surface area contributed by atoms with Crippen LogP contribution in [-0.4, -0.2) is 12.1 Å². The lowest BCUT2D eigenvalue weighted by Gasteiger charge is -2.11. The second-order valence-electron chi connectivity index (χ2n) is 3.79. The van der Waals surface area contributed by atoms with Gasteiger partial charge in [0.1, 0.15) is 22.4 Å². The maximum Gasteiger partial charge on any atom is 0.197 e. The molecule has 0 unspecified atom stereocenters. The summed E-state index contributed by atoms with van der Waals surface area (Å²) in [6.07, 6.45) is 0. The zero-order valence-corrected chi connectivity index (χ0v) is 11.1. The predicted octanol–water partition coefficient (Wildman–Crippen LogP) is 2.76. The van der Waals surface area contributed by atoms with Gasteiger partial charge >= 0.3 is 0 Å². The summed E-state index contributed by atoms with van der Waals surface area (Å²) >= 11 is 5.90. The van der Waals surface area contributed by atoms with Crippen LogP contribution < -0.4 is 21.5 Å². The number of ether oxygens (including phenoxy) is 1. The van der Waals surface area contributed by atoms with Gasteiger partial charge in [-0.15, -0.1) is 11.5 Å². The first-order valence-corrected chi connectivity index (χ1v) is 5.87. The summed E-state index contributed by atoms with van der Waals surface area (Å²) in [5.74, 6) is -0.479. The number of rotatable bonds is 3. The number of anilines is 2. The van der Waals surface area contributed by atoms with Crippen LogP contribution in [0.25, 0.3) is 0 Å². The quantitative estimate of drug-likeness (QED) is 0.936. The number of benzene rings is 1. The lowest BCUT2D eigenvalue weighted by molar-refractivity contribution is 0.415. The molecule has 1 aromatic heterocycles. The number of halogens is 1. The summed E-state index contributed by atoms with van der Waals surface area (Å²) in [5.41, 5.74) is 19.6. The lowest BCUT2D eigenvalue weighted by atomic mass is 10.2. The minimum atomic E-state index is -0.592. The smallest absolute Gasteiger partial charge is 0.197 e. The SMILES string of the molecule is COc1ccc(Nc2c(Cl)c([N])nc([N])c2C#N)cc1. The highest BCUT2D eigenvalue weighted by Gasteiger charge is 2.18. The predicted molar refractivity (Wildman–Crippen MR) is 73.8 cm³/mol. The average molecular weight is 286 g/mol. The maximum absolute atomic E-state index is 9.54. The number of hydrogen-bond acceptors (Lipinski definition) is 4.